The predicted molar refractivity (Wildman–Crippen MR) is 120 cm³/mol. The Morgan fingerprint density at radius 2 is 1.79 bits per heavy atom. The SMILES string of the molecule is CCNC(=NCc1ccc(CN2CCN(C)CC2)cc1)NCCc1cccs1. The molecule has 28 heavy (non-hydrogen) atoms. The van der Waals surface area contributed by atoms with E-state index in [1.54, 1.807) is 11.3 Å². The second-order valence-corrected chi connectivity index (χ2v) is 8.38. The maximum Gasteiger partial charge on any atom is 0.191 e. The molecule has 6 heteroatoms. The van der Waals surface area contributed by atoms with Crippen LogP contribution in [0, 0.1) is 0 Å². The molecule has 0 atom stereocenters. The average molecular weight is 400 g/mol. The highest BCUT2D eigenvalue weighted by atomic mass is 32.1. The number of piperazine rings is 1. The van der Waals surface area contributed by atoms with Crippen molar-refractivity contribution in [2.75, 3.05) is 46.3 Å². The summed E-state index contributed by atoms with van der Waals surface area (Å²) >= 11 is 1.81. The highest BCUT2D eigenvalue weighted by Crippen LogP contribution is 2.11. The van der Waals surface area contributed by atoms with Gasteiger partial charge in [0.25, 0.3) is 0 Å². The second kappa shape index (κ2) is 11.2. The topological polar surface area (TPSA) is 42.9 Å². The lowest BCUT2D eigenvalue weighted by Crippen LogP contribution is -2.43. The molecule has 2 heterocycles. The number of benzene rings is 1. The van der Waals surface area contributed by atoms with Gasteiger partial charge in [0.2, 0.25) is 0 Å². The van der Waals surface area contributed by atoms with Gasteiger partial charge in [-0.15, -0.1) is 11.3 Å². The van der Waals surface area contributed by atoms with Crippen LogP contribution in [-0.2, 0) is 19.5 Å². The Hall–Kier alpha value is -1.89. The van der Waals surface area contributed by atoms with E-state index >= 15 is 0 Å². The summed E-state index contributed by atoms with van der Waals surface area (Å²) in [6.07, 6.45) is 1.03. The normalized spacial score (nSPS) is 16.3. The molecule has 1 aliphatic rings. The van der Waals surface area contributed by atoms with Crippen LogP contribution in [0.15, 0.2) is 46.8 Å². The minimum absolute atomic E-state index is 0.698. The number of thiophene rings is 1. The van der Waals surface area contributed by atoms with Crippen LogP contribution in [0.2, 0.25) is 0 Å². The molecule has 2 aromatic rings. The third-order valence-electron chi connectivity index (χ3n) is 5.03. The van der Waals surface area contributed by atoms with Gasteiger partial charge < -0.3 is 15.5 Å². The third-order valence-corrected chi connectivity index (χ3v) is 5.97. The van der Waals surface area contributed by atoms with Crippen molar-refractivity contribution < 1.29 is 0 Å². The van der Waals surface area contributed by atoms with Crippen molar-refractivity contribution >= 4 is 17.3 Å². The Morgan fingerprint density at radius 3 is 2.46 bits per heavy atom. The van der Waals surface area contributed by atoms with Gasteiger partial charge in [-0.25, -0.2) is 4.99 Å². The number of nitrogens with zero attached hydrogens (tertiary/aromatic N) is 3. The lowest BCUT2D eigenvalue weighted by Gasteiger charge is -2.32. The molecule has 1 aromatic heterocycles. The van der Waals surface area contributed by atoms with E-state index in [2.05, 4.69) is 76.2 Å². The number of guanidine groups is 1. The van der Waals surface area contributed by atoms with Gasteiger partial charge in [0.05, 0.1) is 6.54 Å². The number of rotatable bonds is 8. The van der Waals surface area contributed by atoms with Crippen LogP contribution in [0.1, 0.15) is 22.9 Å². The van der Waals surface area contributed by atoms with Crippen molar-refractivity contribution in [3.05, 3.63) is 57.8 Å². The van der Waals surface area contributed by atoms with Crippen LogP contribution in [0.4, 0.5) is 0 Å². The molecule has 2 N–H and O–H groups in total. The second-order valence-electron chi connectivity index (χ2n) is 7.35. The van der Waals surface area contributed by atoms with E-state index in [0.29, 0.717) is 6.54 Å². The van der Waals surface area contributed by atoms with Gasteiger partial charge >= 0.3 is 0 Å². The maximum absolute atomic E-state index is 4.74. The van der Waals surface area contributed by atoms with E-state index < -0.39 is 0 Å². The van der Waals surface area contributed by atoms with Gasteiger partial charge in [-0.1, -0.05) is 30.3 Å². The van der Waals surface area contributed by atoms with E-state index in [1.165, 1.54) is 29.1 Å². The fourth-order valence-corrected chi connectivity index (χ4v) is 3.99. The Balaban J connectivity index is 1.46. The molecule has 1 aromatic carbocycles. The molecule has 0 bridgehead atoms. The molecule has 0 spiro atoms. The van der Waals surface area contributed by atoms with Crippen LogP contribution in [0.3, 0.4) is 0 Å². The van der Waals surface area contributed by atoms with E-state index in [-0.39, 0.29) is 0 Å². The molecule has 0 radical (unpaired) electrons. The molecule has 1 fully saturated rings. The van der Waals surface area contributed by atoms with Gasteiger partial charge in [-0.2, -0.15) is 0 Å². The largest absolute Gasteiger partial charge is 0.357 e. The van der Waals surface area contributed by atoms with Crippen LogP contribution >= 0.6 is 11.3 Å². The Kier molecular flexibility index (Phi) is 8.33. The molecule has 0 unspecified atom stereocenters. The summed E-state index contributed by atoms with van der Waals surface area (Å²) in [4.78, 5) is 11.1. The lowest BCUT2D eigenvalue weighted by atomic mass is 10.1. The summed E-state index contributed by atoms with van der Waals surface area (Å²) in [5.74, 6) is 0.889. The van der Waals surface area contributed by atoms with Crippen LogP contribution < -0.4 is 10.6 Å². The minimum atomic E-state index is 0.698. The molecular formula is C22H33N5S. The summed E-state index contributed by atoms with van der Waals surface area (Å²) in [6.45, 7) is 10.3. The van der Waals surface area contributed by atoms with Crippen molar-refractivity contribution in [3.8, 4) is 0 Å². The Labute approximate surface area is 173 Å². The number of hydrogen-bond donors (Lipinski definition) is 2. The first-order chi connectivity index (χ1) is 13.7. The zero-order valence-corrected chi connectivity index (χ0v) is 18.0. The van der Waals surface area contributed by atoms with Gasteiger partial charge in [0, 0.05) is 50.7 Å². The zero-order valence-electron chi connectivity index (χ0n) is 17.2. The fourth-order valence-electron chi connectivity index (χ4n) is 3.29. The molecule has 0 amide bonds. The molecule has 152 valence electrons. The van der Waals surface area contributed by atoms with Gasteiger partial charge in [0.15, 0.2) is 5.96 Å². The van der Waals surface area contributed by atoms with Crippen LogP contribution in [0.25, 0.3) is 0 Å². The van der Waals surface area contributed by atoms with Crippen LogP contribution in [0.5, 0.6) is 0 Å². The third kappa shape index (κ3) is 6.93. The lowest BCUT2D eigenvalue weighted by molar-refractivity contribution is 0.148. The van der Waals surface area contributed by atoms with Gasteiger partial charge in [0.1, 0.15) is 0 Å². The van der Waals surface area contributed by atoms with Crippen LogP contribution in [-0.4, -0.2) is 62.1 Å². The highest BCUT2D eigenvalue weighted by Gasteiger charge is 2.13. The minimum Gasteiger partial charge on any atom is -0.357 e. The zero-order chi connectivity index (χ0) is 19.6. The molecule has 5 nitrogen and oxygen atoms in total. The molecule has 0 saturated carbocycles. The van der Waals surface area contributed by atoms with Gasteiger partial charge in [-0.05, 0) is 43.0 Å². The standard InChI is InChI=1S/C22H33N5S/c1-3-23-22(24-11-10-21-5-4-16-28-21)25-17-19-6-8-20(9-7-19)18-27-14-12-26(2)13-15-27/h4-9,16H,3,10-15,17-18H2,1-2H3,(H2,23,24,25). The summed E-state index contributed by atoms with van der Waals surface area (Å²) in [6, 6.07) is 13.2. The summed E-state index contributed by atoms with van der Waals surface area (Å²) in [5, 5.41) is 8.89. The van der Waals surface area contributed by atoms with Crippen molar-refractivity contribution in [2.45, 2.75) is 26.4 Å². The quantitative estimate of drug-likeness (QED) is 0.529. The first-order valence-electron chi connectivity index (χ1n) is 10.3. The number of hydrogen-bond acceptors (Lipinski definition) is 4. The average Bonchev–Trinajstić information content (AvgIpc) is 3.22. The summed E-state index contributed by atoms with van der Waals surface area (Å²) in [7, 11) is 2.20. The number of likely N-dealkylation sites (N-methyl/N-ethyl adjacent to an activating group) is 1. The number of nitrogens with one attached hydrogen (secondary N) is 2. The fraction of sp³-hybridized carbons (Fsp3) is 0.500. The number of aliphatic imine (C=N–C) groups is 1. The first kappa shape index (κ1) is 20.8. The molecule has 0 aliphatic carbocycles. The van der Waals surface area contributed by atoms with Crippen molar-refractivity contribution in [3.63, 3.8) is 0 Å². The molecule has 3 rings (SSSR count). The van der Waals surface area contributed by atoms with E-state index in [1.807, 2.05) is 0 Å². The Bertz CT molecular complexity index is 703. The summed E-state index contributed by atoms with van der Waals surface area (Å²) < 4.78 is 0. The van der Waals surface area contributed by atoms with E-state index in [9.17, 15) is 0 Å². The van der Waals surface area contributed by atoms with Crippen molar-refractivity contribution in [2.24, 2.45) is 4.99 Å². The molecular weight excluding hydrogens is 366 g/mol. The first-order valence-corrected chi connectivity index (χ1v) is 11.1. The monoisotopic (exact) mass is 399 g/mol. The molecule has 1 aliphatic heterocycles. The van der Waals surface area contributed by atoms with Crippen molar-refractivity contribution in [1.29, 1.82) is 0 Å². The molecule has 1 saturated heterocycles. The highest BCUT2D eigenvalue weighted by molar-refractivity contribution is 7.09. The van der Waals surface area contributed by atoms with Crippen molar-refractivity contribution in [1.82, 2.24) is 20.4 Å². The smallest absolute Gasteiger partial charge is 0.191 e. The summed E-state index contributed by atoms with van der Waals surface area (Å²) in [5.41, 5.74) is 2.64. The van der Waals surface area contributed by atoms with E-state index in [0.717, 1.165) is 45.1 Å². The van der Waals surface area contributed by atoms with E-state index in [4.69, 9.17) is 4.99 Å². The van der Waals surface area contributed by atoms with Gasteiger partial charge in [-0.3, -0.25) is 4.90 Å². The maximum atomic E-state index is 4.74. The predicted octanol–water partition coefficient (Wildman–Crippen LogP) is 2.79. The Morgan fingerprint density at radius 1 is 1.04 bits per heavy atom.